The molecule has 0 N–H and O–H groups in total. The van der Waals surface area contributed by atoms with E-state index in [1.165, 1.54) is 38.5 Å². The first-order chi connectivity index (χ1) is 20.1. The molecule has 1 aliphatic heterocycles. The molecule has 1 aliphatic rings. The van der Waals surface area contributed by atoms with Gasteiger partial charge in [-0.05, 0) is 38.7 Å². The first-order valence-corrected chi connectivity index (χ1v) is 13.7. The molecular weight excluding hydrogens is 548 g/mol. The smallest absolute Gasteiger partial charge is 0.336 e. The summed E-state index contributed by atoms with van der Waals surface area (Å²) in [6.07, 6.45) is 7.47. The Morgan fingerprint density at radius 2 is 1.93 bits per heavy atom. The number of hydrogen-bond acceptors (Lipinski definition) is 11. The lowest BCUT2D eigenvalue weighted by atomic mass is 9.60. The lowest BCUT2D eigenvalue weighted by molar-refractivity contribution is -0.385. The molecule has 0 aliphatic carbocycles. The van der Waals surface area contributed by atoms with E-state index in [9.17, 15) is 29.6 Å². The number of benzene rings is 1. The van der Waals surface area contributed by atoms with E-state index in [1.54, 1.807) is 31.3 Å². The number of esters is 2. The van der Waals surface area contributed by atoms with Crippen molar-refractivity contribution >= 4 is 23.6 Å². The predicted octanol–water partition coefficient (Wildman–Crippen LogP) is 2.56. The van der Waals surface area contributed by atoms with Crippen molar-refractivity contribution in [2.24, 2.45) is 5.41 Å². The van der Waals surface area contributed by atoms with Crippen LogP contribution in [0.1, 0.15) is 57.4 Å². The molecule has 3 unspecified atom stereocenters. The van der Waals surface area contributed by atoms with E-state index in [0.717, 1.165) is 19.4 Å². The second kappa shape index (κ2) is 14.6. The van der Waals surface area contributed by atoms with Gasteiger partial charge in [0.25, 0.3) is 5.69 Å². The van der Waals surface area contributed by atoms with Gasteiger partial charge in [-0.2, -0.15) is 0 Å². The third-order valence-electron chi connectivity index (χ3n) is 7.94. The summed E-state index contributed by atoms with van der Waals surface area (Å²) in [5.41, 5.74) is -1.50. The monoisotopic (exact) mass is 585 g/mol. The fraction of sp³-hybridized carbons (Fsp3) is 0.517. The van der Waals surface area contributed by atoms with E-state index in [-0.39, 0.29) is 43.0 Å². The SMILES string of the molecule is COCN1C(C)=C(C(=O)OC)C(c2cccc([N+](=O)[O-])c2)C(CCOC(=O)CCCCCn2ccnc2)(C(=O)[O-])C1C. The standard InChI is InChI=1S/C29H38N4O9/c1-20-25(27(35)41-4)26(22-9-8-10-23(17-22)33(38)39)29(28(36)37,21(2)32(20)19-40-3)12-16-42-24(34)11-6-5-7-14-31-15-13-30-18-31/h8-10,13,15,17-18,21,26H,5-7,11-12,14,16,19H2,1-4H3,(H,36,37)/p-1. The van der Waals surface area contributed by atoms with Gasteiger partial charge in [-0.25, -0.2) is 9.78 Å². The number of nitro groups is 1. The largest absolute Gasteiger partial charge is 0.549 e. The Hall–Kier alpha value is -4.26. The molecule has 13 nitrogen and oxygen atoms in total. The number of methoxy groups -OCH3 is 2. The lowest BCUT2D eigenvalue weighted by Crippen LogP contribution is -2.62. The van der Waals surface area contributed by atoms with E-state index in [4.69, 9.17) is 14.2 Å². The van der Waals surface area contributed by atoms with Crippen molar-refractivity contribution in [2.45, 2.75) is 64.5 Å². The van der Waals surface area contributed by atoms with Gasteiger partial charge in [-0.15, -0.1) is 0 Å². The molecule has 1 aromatic carbocycles. The van der Waals surface area contributed by atoms with E-state index < -0.39 is 40.2 Å². The second-order valence-electron chi connectivity index (χ2n) is 10.2. The molecule has 228 valence electrons. The van der Waals surface area contributed by atoms with Gasteiger partial charge in [0.1, 0.15) is 6.73 Å². The van der Waals surface area contributed by atoms with E-state index in [2.05, 4.69) is 4.98 Å². The molecule has 0 saturated heterocycles. The number of aromatic nitrogens is 2. The summed E-state index contributed by atoms with van der Waals surface area (Å²) in [6.45, 7) is 3.75. The topological polar surface area (TPSA) is 166 Å². The Morgan fingerprint density at radius 3 is 2.55 bits per heavy atom. The first kappa shape index (κ1) is 32.3. The highest BCUT2D eigenvalue weighted by Crippen LogP contribution is 2.53. The quantitative estimate of drug-likeness (QED) is 0.130. The average Bonchev–Trinajstić information content (AvgIpc) is 3.49. The van der Waals surface area contributed by atoms with Crippen LogP contribution in [0.2, 0.25) is 0 Å². The molecule has 0 spiro atoms. The molecular formula is C29H37N4O9-. The van der Waals surface area contributed by atoms with Gasteiger partial charge in [0.15, 0.2) is 0 Å². The van der Waals surface area contributed by atoms with Crippen LogP contribution in [0.15, 0.2) is 54.3 Å². The molecule has 2 heterocycles. The number of non-ortho nitro benzene ring substituents is 1. The summed E-state index contributed by atoms with van der Waals surface area (Å²) in [4.78, 5) is 55.5. The number of aryl methyl sites for hydroxylation is 1. The van der Waals surface area contributed by atoms with Crippen molar-refractivity contribution in [1.29, 1.82) is 0 Å². The van der Waals surface area contributed by atoms with Crippen molar-refractivity contribution < 1.29 is 38.6 Å². The van der Waals surface area contributed by atoms with Crippen LogP contribution in [0.4, 0.5) is 5.69 Å². The van der Waals surface area contributed by atoms with Crippen molar-refractivity contribution in [1.82, 2.24) is 14.5 Å². The van der Waals surface area contributed by atoms with Crippen LogP contribution in [-0.4, -0.2) is 70.9 Å². The average molecular weight is 586 g/mol. The maximum absolute atomic E-state index is 13.2. The number of hydrogen-bond donors (Lipinski definition) is 0. The number of unbranched alkanes of at least 4 members (excludes halogenated alkanes) is 2. The molecule has 3 rings (SSSR count). The summed E-state index contributed by atoms with van der Waals surface area (Å²) in [5, 5.41) is 24.8. The Kier molecular flexibility index (Phi) is 11.2. The number of carbonyl (C=O) groups is 3. The summed E-state index contributed by atoms with van der Waals surface area (Å²) >= 11 is 0. The van der Waals surface area contributed by atoms with Crippen molar-refractivity contribution in [2.75, 3.05) is 27.6 Å². The number of allylic oxidation sites excluding steroid dienone is 1. The van der Waals surface area contributed by atoms with E-state index >= 15 is 0 Å². The van der Waals surface area contributed by atoms with Crippen LogP contribution in [0.3, 0.4) is 0 Å². The van der Waals surface area contributed by atoms with Gasteiger partial charge in [-0.1, -0.05) is 18.6 Å². The fourth-order valence-electron chi connectivity index (χ4n) is 5.75. The van der Waals surface area contributed by atoms with Crippen LogP contribution in [0.25, 0.3) is 0 Å². The van der Waals surface area contributed by atoms with Crippen molar-refractivity contribution in [3.05, 3.63) is 69.9 Å². The minimum atomic E-state index is -1.86. The van der Waals surface area contributed by atoms with Gasteiger partial charge in [-0.3, -0.25) is 14.9 Å². The normalized spacial score (nSPS) is 20.3. The zero-order valence-electron chi connectivity index (χ0n) is 24.3. The number of carbonyl (C=O) groups excluding carboxylic acids is 3. The maximum atomic E-state index is 13.2. The van der Waals surface area contributed by atoms with Crippen LogP contribution in [0.5, 0.6) is 0 Å². The van der Waals surface area contributed by atoms with Crippen molar-refractivity contribution in [3.8, 4) is 0 Å². The zero-order valence-corrected chi connectivity index (χ0v) is 24.3. The molecule has 0 saturated carbocycles. The first-order valence-electron chi connectivity index (χ1n) is 13.7. The highest BCUT2D eigenvalue weighted by atomic mass is 16.6. The lowest BCUT2D eigenvalue weighted by Gasteiger charge is -2.54. The number of rotatable bonds is 15. The van der Waals surface area contributed by atoms with Gasteiger partial charge in [0.05, 0.1) is 36.5 Å². The number of ether oxygens (including phenoxy) is 3. The number of aliphatic carboxylic acids is 1. The predicted molar refractivity (Wildman–Crippen MR) is 147 cm³/mol. The third-order valence-corrected chi connectivity index (χ3v) is 7.94. The maximum Gasteiger partial charge on any atom is 0.336 e. The Labute approximate surface area is 244 Å². The van der Waals surface area contributed by atoms with Crippen molar-refractivity contribution in [3.63, 3.8) is 0 Å². The van der Waals surface area contributed by atoms with Gasteiger partial charge < -0.3 is 33.6 Å². The molecule has 42 heavy (non-hydrogen) atoms. The molecule has 0 bridgehead atoms. The number of carboxylic acid groups (broad SMARTS) is 1. The Balaban J connectivity index is 1.90. The molecule has 3 atom stereocenters. The van der Waals surface area contributed by atoms with E-state index in [1.807, 2.05) is 10.8 Å². The Morgan fingerprint density at radius 1 is 1.17 bits per heavy atom. The zero-order chi connectivity index (χ0) is 30.9. The highest BCUT2D eigenvalue weighted by Gasteiger charge is 2.55. The number of nitro benzene ring substituents is 1. The number of imidazole rings is 1. The molecule has 0 fully saturated rings. The number of carboxylic acids is 1. The minimum Gasteiger partial charge on any atom is -0.549 e. The minimum absolute atomic E-state index is 0.00145. The van der Waals surface area contributed by atoms with Crippen LogP contribution in [0, 0.1) is 15.5 Å². The molecule has 0 radical (unpaired) electrons. The number of nitrogens with zero attached hydrogens (tertiary/aromatic N) is 4. The van der Waals surface area contributed by atoms with Gasteiger partial charge in [0.2, 0.25) is 0 Å². The summed E-state index contributed by atoms with van der Waals surface area (Å²) < 4.78 is 17.8. The third kappa shape index (κ3) is 6.96. The van der Waals surface area contributed by atoms with Crippen LogP contribution in [-0.2, 0) is 35.1 Å². The van der Waals surface area contributed by atoms with E-state index in [0.29, 0.717) is 12.1 Å². The summed E-state index contributed by atoms with van der Waals surface area (Å²) in [6, 6.07) is 4.64. The summed E-state index contributed by atoms with van der Waals surface area (Å²) in [7, 11) is 2.60. The second-order valence-corrected chi connectivity index (χ2v) is 10.2. The summed E-state index contributed by atoms with van der Waals surface area (Å²) in [5.74, 6) is -3.98. The fourth-order valence-corrected chi connectivity index (χ4v) is 5.75. The Bertz CT molecular complexity index is 1290. The van der Waals surface area contributed by atoms with Crippen LogP contribution >= 0.6 is 0 Å². The van der Waals surface area contributed by atoms with Gasteiger partial charge in [0, 0.05) is 67.7 Å². The molecule has 13 heteroatoms. The molecule has 2 aromatic rings. The van der Waals surface area contributed by atoms with Crippen LogP contribution < -0.4 is 5.11 Å². The van der Waals surface area contributed by atoms with Gasteiger partial charge >= 0.3 is 11.9 Å². The molecule has 1 aromatic heterocycles. The molecule has 0 amide bonds. The highest BCUT2D eigenvalue weighted by molar-refractivity contribution is 5.94.